The lowest BCUT2D eigenvalue weighted by molar-refractivity contribution is 0.0728. The van der Waals surface area contributed by atoms with Crippen LogP contribution in [0.1, 0.15) is 19.8 Å². The van der Waals surface area contributed by atoms with Gasteiger partial charge in [0.2, 0.25) is 5.95 Å². The zero-order valence-corrected chi connectivity index (χ0v) is 13.7. The first-order valence-electron chi connectivity index (χ1n) is 8.45. The van der Waals surface area contributed by atoms with Gasteiger partial charge in [-0.3, -0.25) is 4.90 Å². The Labute approximate surface area is 137 Å². The van der Waals surface area contributed by atoms with Crippen LogP contribution in [-0.4, -0.2) is 77.8 Å². The number of ether oxygens (including phenoxy) is 1. The Hall–Kier alpha value is -1.89. The predicted molar refractivity (Wildman–Crippen MR) is 87.4 cm³/mol. The molecule has 0 aliphatic carbocycles. The smallest absolute Gasteiger partial charge is 0.409 e. The highest BCUT2D eigenvalue weighted by Gasteiger charge is 2.29. The summed E-state index contributed by atoms with van der Waals surface area (Å²) in [5.41, 5.74) is 0. The fraction of sp³-hybridized carbons (Fsp3) is 0.688. The number of nitrogens with zero attached hydrogens (tertiary/aromatic N) is 5. The van der Waals surface area contributed by atoms with Gasteiger partial charge < -0.3 is 14.5 Å². The van der Waals surface area contributed by atoms with Crippen molar-refractivity contribution in [1.29, 1.82) is 0 Å². The van der Waals surface area contributed by atoms with E-state index in [1.807, 2.05) is 17.9 Å². The third kappa shape index (κ3) is 3.90. The van der Waals surface area contributed by atoms with Gasteiger partial charge in [0.05, 0.1) is 6.61 Å². The fourth-order valence-electron chi connectivity index (χ4n) is 3.37. The molecule has 7 heteroatoms. The topological polar surface area (TPSA) is 61.8 Å². The molecule has 2 aliphatic rings. The number of piperidine rings is 1. The Morgan fingerprint density at radius 1 is 1.13 bits per heavy atom. The minimum atomic E-state index is -0.169. The van der Waals surface area contributed by atoms with Crippen LogP contribution in [0.5, 0.6) is 0 Å². The molecule has 2 saturated heterocycles. The molecule has 126 valence electrons. The van der Waals surface area contributed by atoms with Gasteiger partial charge in [-0.25, -0.2) is 14.8 Å². The highest BCUT2D eigenvalue weighted by atomic mass is 16.6. The van der Waals surface area contributed by atoms with E-state index in [0.717, 1.165) is 58.1 Å². The van der Waals surface area contributed by atoms with Crippen molar-refractivity contribution in [2.75, 3.05) is 50.8 Å². The van der Waals surface area contributed by atoms with Gasteiger partial charge >= 0.3 is 6.09 Å². The number of carbonyl (C=O) groups is 1. The van der Waals surface area contributed by atoms with E-state index >= 15 is 0 Å². The third-order valence-corrected chi connectivity index (χ3v) is 4.66. The second kappa shape index (κ2) is 7.59. The molecule has 3 heterocycles. The molecule has 1 amide bonds. The molecule has 0 bridgehead atoms. The summed E-state index contributed by atoms with van der Waals surface area (Å²) in [6.45, 7) is 7.87. The molecule has 0 saturated carbocycles. The lowest BCUT2D eigenvalue weighted by Gasteiger charge is -2.42. The molecule has 2 aliphatic heterocycles. The van der Waals surface area contributed by atoms with Gasteiger partial charge in [-0.1, -0.05) is 0 Å². The van der Waals surface area contributed by atoms with Crippen LogP contribution in [0.25, 0.3) is 0 Å². The normalized spacial score (nSPS) is 20.6. The van der Waals surface area contributed by atoms with Crippen molar-refractivity contribution >= 4 is 12.0 Å². The highest BCUT2D eigenvalue weighted by Crippen LogP contribution is 2.20. The Morgan fingerprint density at radius 2 is 1.78 bits per heavy atom. The number of aromatic nitrogens is 2. The van der Waals surface area contributed by atoms with Crippen LogP contribution in [0.3, 0.4) is 0 Å². The van der Waals surface area contributed by atoms with E-state index in [4.69, 9.17) is 4.74 Å². The van der Waals surface area contributed by atoms with Crippen LogP contribution < -0.4 is 4.90 Å². The monoisotopic (exact) mass is 319 g/mol. The average molecular weight is 319 g/mol. The highest BCUT2D eigenvalue weighted by molar-refractivity contribution is 5.67. The van der Waals surface area contributed by atoms with Gasteiger partial charge in [0, 0.05) is 57.7 Å². The summed E-state index contributed by atoms with van der Waals surface area (Å²) in [5.74, 6) is 0.823. The Balaban J connectivity index is 1.45. The van der Waals surface area contributed by atoms with Gasteiger partial charge in [-0.2, -0.15) is 0 Å². The van der Waals surface area contributed by atoms with E-state index in [2.05, 4.69) is 19.8 Å². The summed E-state index contributed by atoms with van der Waals surface area (Å²) in [7, 11) is 0. The molecule has 0 unspecified atom stereocenters. The SMILES string of the molecule is CCOC(=O)N1CCC(N2CCN(c3ncccn3)CC2)CC1. The second-order valence-corrected chi connectivity index (χ2v) is 5.99. The maximum atomic E-state index is 11.8. The van der Waals surface area contributed by atoms with E-state index in [0.29, 0.717) is 12.6 Å². The van der Waals surface area contributed by atoms with Crippen LogP contribution in [-0.2, 0) is 4.74 Å². The van der Waals surface area contributed by atoms with Gasteiger partial charge in [0.1, 0.15) is 0 Å². The standard InChI is InChI=1S/C16H25N5O2/c1-2-23-16(22)21-8-4-14(5-9-21)19-10-12-20(13-11-19)15-17-6-3-7-18-15/h3,6-7,14H,2,4-5,8-13H2,1H3. The van der Waals surface area contributed by atoms with Crippen molar-refractivity contribution in [3.8, 4) is 0 Å². The molecular formula is C16H25N5O2. The molecule has 0 radical (unpaired) electrons. The molecule has 7 nitrogen and oxygen atoms in total. The zero-order valence-electron chi connectivity index (χ0n) is 13.7. The van der Waals surface area contributed by atoms with Crippen LogP contribution in [0.4, 0.5) is 10.7 Å². The van der Waals surface area contributed by atoms with E-state index in [1.165, 1.54) is 0 Å². The maximum absolute atomic E-state index is 11.8. The number of piperazine rings is 1. The molecule has 2 fully saturated rings. The van der Waals surface area contributed by atoms with Gasteiger partial charge in [0.25, 0.3) is 0 Å². The number of amides is 1. The van der Waals surface area contributed by atoms with E-state index in [9.17, 15) is 4.79 Å². The van der Waals surface area contributed by atoms with Crippen molar-refractivity contribution in [3.63, 3.8) is 0 Å². The van der Waals surface area contributed by atoms with Gasteiger partial charge in [0.15, 0.2) is 0 Å². The molecular weight excluding hydrogens is 294 g/mol. The number of likely N-dealkylation sites (tertiary alicyclic amines) is 1. The molecule has 0 N–H and O–H groups in total. The molecule has 0 atom stereocenters. The summed E-state index contributed by atoms with van der Waals surface area (Å²) in [4.78, 5) is 27.0. The second-order valence-electron chi connectivity index (χ2n) is 5.99. The number of hydrogen-bond donors (Lipinski definition) is 0. The van der Waals surface area contributed by atoms with E-state index < -0.39 is 0 Å². The van der Waals surface area contributed by atoms with Crippen molar-refractivity contribution < 1.29 is 9.53 Å². The molecule has 0 aromatic carbocycles. The van der Waals surface area contributed by atoms with E-state index in [-0.39, 0.29) is 6.09 Å². The quantitative estimate of drug-likeness (QED) is 0.835. The zero-order chi connectivity index (χ0) is 16.1. The number of rotatable bonds is 3. The van der Waals surface area contributed by atoms with Gasteiger partial charge in [-0.15, -0.1) is 0 Å². The molecule has 3 rings (SSSR count). The lowest BCUT2D eigenvalue weighted by atomic mass is 10.0. The minimum Gasteiger partial charge on any atom is -0.450 e. The first-order valence-corrected chi connectivity index (χ1v) is 8.45. The maximum Gasteiger partial charge on any atom is 0.409 e. The molecule has 1 aromatic rings. The van der Waals surface area contributed by atoms with Crippen molar-refractivity contribution in [2.24, 2.45) is 0 Å². The Morgan fingerprint density at radius 3 is 2.39 bits per heavy atom. The summed E-state index contributed by atoms with van der Waals surface area (Å²) >= 11 is 0. The largest absolute Gasteiger partial charge is 0.450 e. The summed E-state index contributed by atoms with van der Waals surface area (Å²) in [5, 5.41) is 0. The first kappa shape index (κ1) is 16.0. The van der Waals surface area contributed by atoms with E-state index in [1.54, 1.807) is 12.4 Å². The van der Waals surface area contributed by atoms with Crippen LogP contribution >= 0.6 is 0 Å². The first-order chi connectivity index (χ1) is 11.3. The molecule has 0 spiro atoms. The summed E-state index contributed by atoms with van der Waals surface area (Å²) in [6, 6.07) is 2.41. The van der Waals surface area contributed by atoms with Crippen molar-refractivity contribution in [2.45, 2.75) is 25.8 Å². The number of hydrogen-bond acceptors (Lipinski definition) is 6. The van der Waals surface area contributed by atoms with Crippen molar-refractivity contribution in [1.82, 2.24) is 19.8 Å². The summed E-state index contributed by atoms with van der Waals surface area (Å²) in [6.07, 6.45) is 5.47. The summed E-state index contributed by atoms with van der Waals surface area (Å²) < 4.78 is 5.08. The predicted octanol–water partition coefficient (Wildman–Crippen LogP) is 1.22. The van der Waals surface area contributed by atoms with Crippen LogP contribution in [0.15, 0.2) is 18.5 Å². The van der Waals surface area contributed by atoms with Crippen LogP contribution in [0.2, 0.25) is 0 Å². The van der Waals surface area contributed by atoms with Crippen molar-refractivity contribution in [3.05, 3.63) is 18.5 Å². The fourth-order valence-corrected chi connectivity index (χ4v) is 3.37. The average Bonchev–Trinajstić information content (AvgIpc) is 2.63. The Kier molecular flexibility index (Phi) is 5.27. The van der Waals surface area contributed by atoms with Gasteiger partial charge in [-0.05, 0) is 25.8 Å². The minimum absolute atomic E-state index is 0.169. The molecule has 23 heavy (non-hydrogen) atoms. The number of carbonyl (C=O) groups excluding carboxylic acids is 1. The Bertz CT molecular complexity index is 496. The third-order valence-electron chi connectivity index (χ3n) is 4.66. The molecule has 1 aromatic heterocycles. The number of anilines is 1. The van der Waals surface area contributed by atoms with Crippen LogP contribution in [0, 0.1) is 0 Å². The lowest BCUT2D eigenvalue weighted by Crippen LogP contribution is -2.54.